The zero-order valence-electron chi connectivity index (χ0n) is 13.3. The van der Waals surface area contributed by atoms with E-state index in [0.29, 0.717) is 11.5 Å². The van der Waals surface area contributed by atoms with Crippen LogP contribution in [0.3, 0.4) is 0 Å². The van der Waals surface area contributed by atoms with Crippen LogP contribution in [-0.4, -0.2) is 26.2 Å². The molecule has 5 heteroatoms. The van der Waals surface area contributed by atoms with Crippen molar-refractivity contribution in [2.75, 3.05) is 20.3 Å². The topological polar surface area (TPSA) is 73.6 Å². The van der Waals surface area contributed by atoms with E-state index in [1.54, 1.807) is 14.0 Å². The van der Waals surface area contributed by atoms with E-state index in [1.807, 2.05) is 18.2 Å². The number of methoxy groups -OCH3 is 1. The molecule has 118 valence electrons. The monoisotopic (exact) mass is 294 g/mol. The van der Waals surface area contributed by atoms with Gasteiger partial charge in [-0.05, 0) is 37.6 Å². The van der Waals surface area contributed by atoms with Crippen LogP contribution < -0.4 is 20.5 Å². The van der Waals surface area contributed by atoms with Gasteiger partial charge in [0.05, 0.1) is 19.6 Å². The van der Waals surface area contributed by atoms with E-state index in [0.717, 1.165) is 18.5 Å². The summed E-state index contributed by atoms with van der Waals surface area (Å²) in [5, 5.41) is 3.43. The molecular formula is C16H26N2O3. The van der Waals surface area contributed by atoms with Gasteiger partial charge >= 0.3 is 0 Å². The SMILES string of the molecule is CCCNC(C)c1ccc(OCC(C)C(N)=O)c(OC)c1. The highest BCUT2D eigenvalue weighted by molar-refractivity contribution is 5.76. The third kappa shape index (κ3) is 5.27. The molecule has 0 spiro atoms. The minimum absolute atomic E-state index is 0.245. The molecule has 2 unspecified atom stereocenters. The molecule has 0 fully saturated rings. The molecule has 0 aliphatic heterocycles. The molecule has 1 amide bonds. The maximum Gasteiger partial charge on any atom is 0.223 e. The first-order valence-corrected chi connectivity index (χ1v) is 7.33. The van der Waals surface area contributed by atoms with Gasteiger partial charge in [-0.25, -0.2) is 0 Å². The molecule has 0 bridgehead atoms. The highest BCUT2D eigenvalue weighted by atomic mass is 16.5. The van der Waals surface area contributed by atoms with Crippen molar-refractivity contribution in [1.82, 2.24) is 5.32 Å². The molecule has 1 aromatic carbocycles. The molecule has 0 heterocycles. The Hall–Kier alpha value is -1.75. The number of benzene rings is 1. The summed E-state index contributed by atoms with van der Waals surface area (Å²) in [7, 11) is 1.60. The fourth-order valence-electron chi connectivity index (χ4n) is 1.85. The Labute approximate surface area is 126 Å². The Kier molecular flexibility index (Phi) is 7.02. The Bertz CT molecular complexity index is 463. The van der Waals surface area contributed by atoms with Gasteiger partial charge in [0.1, 0.15) is 0 Å². The molecule has 5 nitrogen and oxygen atoms in total. The summed E-state index contributed by atoms with van der Waals surface area (Å²) in [6, 6.07) is 6.07. The molecule has 0 radical (unpaired) electrons. The quantitative estimate of drug-likeness (QED) is 0.732. The van der Waals surface area contributed by atoms with E-state index in [4.69, 9.17) is 15.2 Å². The summed E-state index contributed by atoms with van der Waals surface area (Å²) in [6.45, 7) is 7.20. The number of carbonyl (C=O) groups excluding carboxylic acids is 1. The third-order valence-electron chi connectivity index (χ3n) is 3.36. The lowest BCUT2D eigenvalue weighted by Crippen LogP contribution is -2.25. The fraction of sp³-hybridized carbons (Fsp3) is 0.562. The van der Waals surface area contributed by atoms with Gasteiger partial charge in [0.25, 0.3) is 0 Å². The van der Waals surface area contributed by atoms with E-state index in [1.165, 1.54) is 0 Å². The van der Waals surface area contributed by atoms with E-state index in [9.17, 15) is 4.79 Å². The Balaban J connectivity index is 2.76. The number of primary amides is 1. The number of hydrogen-bond donors (Lipinski definition) is 2. The van der Waals surface area contributed by atoms with Crippen molar-refractivity contribution in [3.05, 3.63) is 23.8 Å². The van der Waals surface area contributed by atoms with Crippen molar-refractivity contribution in [2.24, 2.45) is 11.7 Å². The molecule has 21 heavy (non-hydrogen) atoms. The first-order valence-electron chi connectivity index (χ1n) is 7.33. The van der Waals surface area contributed by atoms with Crippen LogP contribution in [0.4, 0.5) is 0 Å². The summed E-state index contributed by atoms with van der Waals surface area (Å²) < 4.78 is 11.0. The second kappa shape index (κ2) is 8.52. The highest BCUT2D eigenvalue weighted by Gasteiger charge is 2.13. The van der Waals surface area contributed by atoms with Crippen LogP contribution in [0.1, 0.15) is 38.8 Å². The average Bonchev–Trinajstić information content (AvgIpc) is 2.49. The zero-order chi connectivity index (χ0) is 15.8. The lowest BCUT2D eigenvalue weighted by atomic mass is 10.1. The van der Waals surface area contributed by atoms with Crippen LogP contribution in [0, 0.1) is 5.92 Å². The molecule has 0 saturated carbocycles. The standard InChI is InChI=1S/C16H26N2O3/c1-5-8-18-12(3)13-6-7-14(15(9-13)20-4)21-10-11(2)16(17)19/h6-7,9,11-12,18H,5,8,10H2,1-4H3,(H2,17,19). The molecule has 0 saturated heterocycles. The van der Waals surface area contributed by atoms with Crippen LogP contribution >= 0.6 is 0 Å². The van der Waals surface area contributed by atoms with Crippen molar-refractivity contribution < 1.29 is 14.3 Å². The van der Waals surface area contributed by atoms with Gasteiger partial charge < -0.3 is 20.5 Å². The third-order valence-corrected chi connectivity index (χ3v) is 3.36. The summed E-state index contributed by atoms with van der Waals surface area (Å²) in [5.74, 6) is 0.578. The largest absolute Gasteiger partial charge is 0.493 e. The molecule has 0 aromatic heterocycles. The molecule has 0 aliphatic rings. The van der Waals surface area contributed by atoms with Crippen LogP contribution in [0.25, 0.3) is 0 Å². The smallest absolute Gasteiger partial charge is 0.223 e. The number of nitrogens with one attached hydrogen (secondary N) is 1. The summed E-state index contributed by atoms with van der Waals surface area (Å²) >= 11 is 0. The normalized spacial score (nSPS) is 13.5. The van der Waals surface area contributed by atoms with E-state index >= 15 is 0 Å². The van der Waals surface area contributed by atoms with Gasteiger partial charge in [-0.2, -0.15) is 0 Å². The predicted molar refractivity (Wildman–Crippen MR) is 83.6 cm³/mol. The number of hydrogen-bond acceptors (Lipinski definition) is 4. The average molecular weight is 294 g/mol. The Morgan fingerprint density at radius 1 is 1.33 bits per heavy atom. The van der Waals surface area contributed by atoms with Gasteiger partial charge in [-0.3, -0.25) is 4.79 Å². The lowest BCUT2D eigenvalue weighted by molar-refractivity contribution is -0.122. The molecule has 1 aromatic rings. The minimum Gasteiger partial charge on any atom is -0.493 e. The Morgan fingerprint density at radius 2 is 2.05 bits per heavy atom. The minimum atomic E-state index is -0.372. The number of nitrogens with two attached hydrogens (primary N) is 1. The maximum absolute atomic E-state index is 11.0. The van der Waals surface area contributed by atoms with Crippen molar-refractivity contribution in [3.8, 4) is 11.5 Å². The Morgan fingerprint density at radius 3 is 2.62 bits per heavy atom. The first kappa shape index (κ1) is 17.3. The fourth-order valence-corrected chi connectivity index (χ4v) is 1.85. The molecule has 2 atom stereocenters. The van der Waals surface area contributed by atoms with Crippen LogP contribution in [0.2, 0.25) is 0 Å². The molecule has 0 aliphatic carbocycles. The van der Waals surface area contributed by atoms with E-state index in [2.05, 4.69) is 19.2 Å². The van der Waals surface area contributed by atoms with Gasteiger partial charge in [0, 0.05) is 6.04 Å². The van der Waals surface area contributed by atoms with Gasteiger partial charge in [-0.1, -0.05) is 19.9 Å². The van der Waals surface area contributed by atoms with E-state index in [-0.39, 0.29) is 24.5 Å². The summed E-state index contributed by atoms with van der Waals surface area (Å²) in [5.41, 5.74) is 6.36. The van der Waals surface area contributed by atoms with Gasteiger partial charge in [0.2, 0.25) is 5.91 Å². The molecule has 1 rings (SSSR count). The number of ether oxygens (including phenoxy) is 2. The summed E-state index contributed by atoms with van der Waals surface area (Å²) in [4.78, 5) is 11.0. The maximum atomic E-state index is 11.0. The molecular weight excluding hydrogens is 268 g/mol. The zero-order valence-corrected chi connectivity index (χ0v) is 13.3. The van der Waals surface area contributed by atoms with Crippen molar-refractivity contribution in [1.29, 1.82) is 0 Å². The highest BCUT2D eigenvalue weighted by Crippen LogP contribution is 2.30. The van der Waals surface area contributed by atoms with Crippen LogP contribution in [-0.2, 0) is 4.79 Å². The van der Waals surface area contributed by atoms with Crippen LogP contribution in [0.5, 0.6) is 11.5 Å². The second-order valence-electron chi connectivity index (χ2n) is 5.20. The number of amides is 1. The number of rotatable bonds is 9. The lowest BCUT2D eigenvalue weighted by Gasteiger charge is -2.17. The van der Waals surface area contributed by atoms with Crippen LogP contribution in [0.15, 0.2) is 18.2 Å². The number of carbonyl (C=O) groups is 1. The summed E-state index contributed by atoms with van der Waals surface area (Å²) in [6.07, 6.45) is 1.09. The van der Waals surface area contributed by atoms with Crippen molar-refractivity contribution in [3.63, 3.8) is 0 Å². The predicted octanol–water partition coefficient (Wildman–Crippen LogP) is 2.26. The van der Waals surface area contributed by atoms with E-state index < -0.39 is 0 Å². The van der Waals surface area contributed by atoms with Gasteiger partial charge in [0.15, 0.2) is 11.5 Å². The second-order valence-corrected chi connectivity index (χ2v) is 5.20. The van der Waals surface area contributed by atoms with Crippen molar-refractivity contribution in [2.45, 2.75) is 33.2 Å². The molecule has 3 N–H and O–H groups in total. The van der Waals surface area contributed by atoms with Crippen molar-refractivity contribution >= 4 is 5.91 Å². The van der Waals surface area contributed by atoms with Gasteiger partial charge in [-0.15, -0.1) is 0 Å². The first-order chi connectivity index (χ1) is 9.99.